The van der Waals surface area contributed by atoms with Gasteiger partial charge in [-0.15, -0.1) is 0 Å². The molecule has 0 fully saturated rings. The maximum atomic E-state index is 13.5. The zero-order chi connectivity index (χ0) is 22.4. The summed E-state index contributed by atoms with van der Waals surface area (Å²) >= 11 is 12.1. The zero-order valence-corrected chi connectivity index (χ0v) is 18.7. The molecule has 2 atom stereocenters. The number of fused-ring (bicyclic) bond motifs is 1. The standard InChI is InChI=1S/C19H20Cl2F3N3O2S/c1-4-12(5-2)30(28,29)18-10(3)25-16-9-15(19(22,23)24)26-27(16)17(18)11-6-7-13(20)14(21)8-11/h6-9,12,17-18H,4-5H2,1-3H3. The van der Waals surface area contributed by atoms with Gasteiger partial charge < -0.3 is 0 Å². The van der Waals surface area contributed by atoms with E-state index in [-0.39, 0.29) is 21.6 Å². The molecule has 0 saturated carbocycles. The Morgan fingerprint density at radius 1 is 1.13 bits per heavy atom. The van der Waals surface area contributed by atoms with Gasteiger partial charge in [0.1, 0.15) is 11.3 Å². The number of nitrogens with zero attached hydrogens (tertiary/aromatic N) is 3. The fourth-order valence-electron chi connectivity index (χ4n) is 3.80. The first kappa shape index (κ1) is 23.1. The predicted molar refractivity (Wildman–Crippen MR) is 112 cm³/mol. The normalized spacial score (nSPS) is 19.7. The second-order valence-electron chi connectivity index (χ2n) is 7.15. The number of aliphatic imine (C=N–C) groups is 1. The molecule has 1 aliphatic rings. The maximum Gasteiger partial charge on any atom is 0.435 e. The van der Waals surface area contributed by atoms with Gasteiger partial charge in [0.05, 0.1) is 15.3 Å². The minimum absolute atomic E-state index is 0.0631. The molecule has 11 heteroatoms. The Hall–Kier alpha value is -1.58. The van der Waals surface area contributed by atoms with E-state index in [0.29, 0.717) is 18.4 Å². The smallest absolute Gasteiger partial charge is 0.238 e. The Morgan fingerprint density at radius 3 is 2.30 bits per heavy atom. The van der Waals surface area contributed by atoms with E-state index in [1.807, 2.05) is 0 Å². The number of benzene rings is 1. The van der Waals surface area contributed by atoms with Crippen molar-refractivity contribution in [2.45, 2.75) is 56.3 Å². The molecule has 0 N–H and O–H groups in total. The highest BCUT2D eigenvalue weighted by molar-refractivity contribution is 7.93. The van der Waals surface area contributed by atoms with Crippen molar-refractivity contribution in [1.29, 1.82) is 0 Å². The van der Waals surface area contributed by atoms with Gasteiger partial charge in [-0.3, -0.25) is 0 Å². The van der Waals surface area contributed by atoms with Gasteiger partial charge in [-0.05, 0) is 37.5 Å². The van der Waals surface area contributed by atoms with Gasteiger partial charge in [-0.1, -0.05) is 43.1 Å². The molecule has 0 bridgehead atoms. The molecule has 2 aromatic rings. The average molecular weight is 482 g/mol. The van der Waals surface area contributed by atoms with Crippen molar-refractivity contribution >= 4 is 44.6 Å². The molecule has 1 aromatic carbocycles. The summed E-state index contributed by atoms with van der Waals surface area (Å²) in [6.07, 6.45) is -3.95. The molecule has 1 aliphatic heterocycles. The fraction of sp³-hybridized carbons (Fsp3) is 0.474. The number of halogens is 5. The van der Waals surface area contributed by atoms with Crippen LogP contribution in [-0.4, -0.2) is 34.4 Å². The second-order valence-corrected chi connectivity index (χ2v) is 10.3. The van der Waals surface area contributed by atoms with E-state index in [0.717, 1.165) is 10.7 Å². The fourth-order valence-corrected chi connectivity index (χ4v) is 6.61. The summed E-state index contributed by atoms with van der Waals surface area (Å²) in [7, 11) is -3.81. The number of hydrogen-bond donors (Lipinski definition) is 0. The lowest BCUT2D eigenvalue weighted by molar-refractivity contribution is -0.141. The Kier molecular flexibility index (Phi) is 6.28. The Balaban J connectivity index is 2.28. The predicted octanol–water partition coefficient (Wildman–Crippen LogP) is 5.88. The summed E-state index contributed by atoms with van der Waals surface area (Å²) in [4.78, 5) is 4.17. The van der Waals surface area contributed by atoms with Crippen LogP contribution in [0.3, 0.4) is 0 Å². The van der Waals surface area contributed by atoms with Crippen molar-refractivity contribution in [3.05, 3.63) is 45.6 Å². The monoisotopic (exact) mass is 481 g/mol. The summed E-state index contributed by atoms with van der Waals surface area (Å²) in [5.41, 5.74) is -0.546. The van der Waals surface area contributed by atoms with Gasteiger partial charge in [0.15, 0.2) is 21.3 Å². The maximum absolute atomic E-state index is 13.5. The molecule has 3 rings (SSSR count). The third kappa shape index (κ3) is 3.99. The first-order chi connectivity index (χ1) is 13.9. The molecule has 0 aliphatic carbocycles. The minimum Gasteiger partial charge on any atom is -0.238 e. The SMILES string of the molecule is CCC(CC)S(=O)(=O)C1C(C)=Nc2cc(C(F)(F)F)nn2C1c1ccc(Cl)c(Cl)c1. The summed E-state index contributed by atoms with van der Waals surface area (Å²) in [6.45, 7) is 5.03. The molecule has 0 spiro atoms. The molecule has 0 saturated heterocycles. The summed E-state index contributed by atoms with van der Waals surface area (Å²) in [5.74, 6) is -0.0631. The summed E-state index contributed by atoms with van der Waals surface area (Å²) < 4.78 is 68.0. The first-order valence-corrected chi connectivity index (χ1v) is 11.7. The molecule has 0 amide bonds. The molecular weight excluding hydrogens is 462 g/mol. The van der Waals surface area contributed by atoms with Crippen LogP contribution in [0.15, 0.2) is 29.3 Å². The van der Waals surface area contributed by atoms with Crippen molar-refractivity contribution in [3.8, 4) is 0 Å². The highest BCUT2D eigenvalue weighted by Gasteiger charge is 2.46. The van der Waals surface area contributed by atoms with Gasteiger partial charge in [-0.2, -0.15) is 18.3 Å². The molecule has 0 radical (unpaired) electrons. The lowest BCUT2D eigenvalue weighted by Gasteiger charge is -2.34. The number of alkyl halides is 3. The number of hydrogen-bond acceptors (Lipinski definition) is 4. The van der Waals surface area contributed by atoms with Gasteiger partial charge in [0, 0.05) is 11.8 Å². The van der Waals surface area contributed by atoms with E-state index in [9.17, 15) is 21.6 Å². The van der Waals surface area contributed by atoms with Crippen LogP contribution in [0.25, 0.3) is 0 Å². The molecule has 30 heavy (non-hydrogen) atoms. The second kappa shape index (κ2) is 8.16. The van der Waals surface area contributed by atoms with Gasteiger partial charge >= 0.3 is 6.18 Å². The Labute approximate surface area is 182 Å². The van der Waals surface area contributed by atoms with Crippen molar-refractivity contribution in [3.63, 3.8) is 0 Å². The summed E-state index contributed by atoms with van der Waals surface area (Å²) in [6, 6.07) is 4.24. The van der Waals surface area contributed by atoms with Crippen LogP contribution in [0.4, 0.5) is 19.0 Å². The van der Waals surface area contributed by atoms with Gasteiger partial charge in [-0.25, -0.2) is 18.1 Å². The van der Waals surface area contributed by atoms with E-state index in [4.69, 9.17) is 23.2 Å². The van der Waals surface area contributed by atoms with Crippen LogP contribution >= 0.6 is 23.2 Å². The average Bonchev–Trinajstić information content (AvgIpc) is 3.07. The first-order valence-electron chi connectivity index (χ1n) is 9.31. The highest BCUT2D eigenvalue weighted by atomic mass is 35.5. The van der Waals surface area contributed by atoms with E-state index < -0.39 is 38.2 Å². The molecule has 5 nitrogen and oxygen atoms in total. The van der Waals surface area contributed by atoms with Crippen molar-refractivity contribution < 1.29 is 21.6 Å². The third-order valence-electron chi connectivity index (χ3n) is 5.27. The molecule has 164 valence electrons. The largest absolute Gasteiger partial charge is 0.435 e. The Morgan fingerprint density at radius 2 is 1.77 bits per heavy atom. The molecule has 1 aromatic heterocycles. The van der Waals surface area contributed by atoms with E-state index in [2.05, 4.69) is 10.1 Å². The van der Waals surface area contributed by atoms with Crippen LogP contribution in [0, 0.1) is 0 Å². The number of aromatic nitrogens is 2. The van der Waals surface area contributed by atoms with Gasteiger partial charge in [0.2, 0.25) is 0 Å². The van der Waals surface area contributed by atoms with Crippen LogP contribution in [-0.2, 0) is 16.0 Å². The quantitative estimate of drug-likeness (QED) is 0.535. The summed E-state index contributed by atoms with van der Waals surface area (Å²) in [5, 5.41) is 2.24. The van der Waals surface area contributed by atoms with Crippen molar-refractivity contribution in [2.75, 3.05) is 0 Å². The van der Waals surface area contributed by atoms with E-state index in [1.165, 1.54) is 19.1 Å². The Bertz CT molecular complexity index is 1090. The zero-order valence-electron chi connectivity index (χ0n) is 16.4. The lowest BCUT2D eigenvalue weighted by Crippen LogP contribution is -2.45. The van der Waals surface area contributed by atoms with E-state index in [1.54, 1.807) is 19.9 Å². The lowest BCUT2D eigenvalue weighted by atomic mass is 9.99. The minimum atomic E-state index is -4.69. The number of rotatable bonds is 5. The molecule has 2 heterocycles. The van der Waals surface area contributed by atoms with Gasteiger partial charge in [0.25, 0.3) is 0 Å². The van der Waals surface area contributed by atoms with Crippen LogP contribution < -0.4 is 0 Å². The van der Waals surface area contributed by atoms with E-state index >= 15 is 0 Å². The highest BCUT2D eigenvalue weighted by Crippen LogP contribution is 2.41. The van der Waals surface area contributed by atoms with Crippen LogP contribution in [0.1, 0.15) is 50.9 Å². The van der Waals surface area contributed by atoms with Crippen LogP contribution in [0.5, 0.6) is 0 Å². The molecular formula is C19H20Cl2F3N3O2S. The van der Waals surface area contributed by atoms with Crippen molar-refractivity contribution in [2.24, 2.45) is 4.99 Å². The third-order valence-corrected chi connectivity index (χ3v) is 8.92. The van der Waals surface area contributed by atoms with Crippen LogP contribution in [0.2, 0.25) is 10.0 Å². The van der Waals surface area contributed by atoms with Crippen molar-refractivity contribution in [1.82, 2.24) is 9.78 Å². The molecule has 2 unspecified atom stereocenters. The topological polar surface area (TPSA) is 64.3 Å². The number of sulfone groups is 1.